The van der Waals surface area contributed by atoms with Gasteiger partial charge in [-0.3, -0.25) is 19.1 Å². The number of halogens is 1. The number of fused-ring (bicyclic) bond motifs is 1. The van der Waals surface area contributed by atoms with E-state index in [-0.39, 0.29) is 35.5 Å². The molecule has 1 aliphatic heterocycles. The lowest BCUT2D eigenvalue weighted by Crippen LogP contribution is -2.48. The average molecular weight is 683 g/mol. The summed E-state index contributed by atoms with van der Waals surface area (Å²) in [4.78, 5) is 40.4. The Morgan fingerprint density at radius 1 is 0.958 bits per heavy atom. The zero-order valence-corrected chi connectivity index (χ0v) is 28.6. The molecule has 0 bridgehead atoms. The van der Waals surface area contributed by atoms with Crippen LogP contribution in [0.5, 0.6) is 0 Å². The Balaban J connectivity index is 1.27. The summed E-state index contributed by atoms with van der Waals surface area (Å²) in [5.74, 6) is -0.723. The quantitative estimate of drug-likeness (QED) is 0.216. The number of anilines is 1. The Labute approximate surface area is 281 Å². The minimum Gasteiger partial charge on any atom is -0.382 e. The van der Waals surface area contributed by atoms with Gasteiger partial charge in [0.25, 0.3) is 5.91 Å². The summed E-state index contributed by atoms with van der Waals surface area (Å²) >= 11 is 0. The van der Waals surface area contributed by atoms with Gasteiger partial charge in [0.15, 0.2) is 9.84 Å². The highest BCUT2D eigenvalue weighted by Gasteiger charge is 2.26. The molecule has 13 heteroatoms. The number of hydrogen-bond donors (Lipinski definition) is 4. The van der Waals surface area contributed by atoms with Crippen LogP contribution in [-0.4, -0.2) is 85.5 Å². The molecule has 1 aliphatic carbocycles. The molecule has 0 unspecified atom stereocenters. The topological polar surface area (TPSA) is 156 Å². The van der Waals surface area contributed by atoms with Gasteiger partial charge in [-0.25, -0.2) is 17.6 Å². The van der Waals surface area contributed by atoms with Gasteiger partial charge in [-0.05, 0) is 74.4 Å². The lowest BCUT2D eigenvalue weighted by Gasteiger charge is -2.31. The van der Waals surface area contributed by atoms with Gasteiger partial charge in [0, 0.05) is 67.0 Å². The number of nitrogens with one attached hydrogen (secondary N) is 3. The number of nitrogens with two attached hydrogens (primary N) is 1. The molecule has 1 aromatic heterocycles. The molecule has 5 rings (SSSR count). The van der Waals surface area contributed by atoms with Gasteiger partial charge in [0.2, 0.25) is 5.91 Å². The summed E-state index contributed by atoms with van der Waals surface area (Å²) in [7, 11) is -2.93. The molecule has 0 radical (unpaired) electrons. The van der Waals surface area contributed by atoms with Gasteiger partial charge in [-0.1, -0.05) is 26.3 Å². The van der Waals surface area contributed by atoms with Crippen molar-refractivity contribution in [2.45, 2.75) is 77.3 Å². The number of benzene rings is 2. The molecule has 11 nitrogen and oxygen atoms in total. The summed E-state index contributed by atoms with van der Waals surface area (Å²) < 4.78 is 39.4. The first-order valence-electron chi connectivity index (χ1n) is 17.0. The highest BCUT2D eigenvalue weighted by molar-refractivity contribution is 7.91. The highest BCUT2D eigenvalue weighted by Crippen LogP contribution is 2.39. The van der Waals surface area contributed by atoms with Gasteiger partial charge in [0.05, 0.1) is 22.6 Å². The number of rotatable bonds is 12. The number of aromatic nitrogens is 1. The fourth-order valence-electron chi connectivity index (χ4n) is 6.89. The van der Waals surface area contributed by atoms with E-state index in [2.05, 4.69) is 16.0 Å². The predicted octanol–water partition coefficient (Wildman–Crippen LogP) is 4.69. The third-order valence-corrected chi connectivity index (χ3v) is 11.0. The average Bonchev–Trinajstić information content (AvgIpc) is 3.35. The van der Waals surface area contributed by atoms with Crippen molar-refractivity contribution >= 4 is 44.3 Å². The monoisotopic (exact) mass is 682 g/mol. The van der Waals surface area contributed by atoms with E-state index in [0.29, 0.717) is 62.2 Å². The maximum Gasteiger partial charge on any atom is 0.315 e. The molecule has 0 spiro atoms. The summed E-state index contributed by atoms with van der Waals surface area (Å²) in [6.45, 7) is 6.01. The van der Waals surface area contributed by atoms with E-state index in [1.54, 1.807) is 16.7 Å². The number of urea groups is 1. The second kappa shape index (κ2) is 15.5. The first-order chi connectivity index (χ1) is 23.0. The largest absolute Gasteiger partial charge is 0.382 e. The van der Waals surface area contributed by atoms with Crippen LogP contribution in [0.4, 0.5) is 14.9 Å². The molecule has 0 atom stereocenters. The maximum atomic E-state index is 14.5. The van der Waals surface area contributed by atoms with Crippen LogP contribution in [-0.2, 0) is 16.3 Å². The van der Waals surface area contributed by atoms with E-state index < -0.39 is 21.6 Å². The first-order valence-corrected chi connectivity index (χ1v) is 18.9. The number of amides is 3. The molecule has 2 heterocycles. The molecule has 1 saturated heterocycles. The summed E-state index contributed by atoms with van der Waals surface area (Å²) in [6.07, 6.45) is 5.45. The minimum absolute atomic E-state index is 0.00825. The highest BCUT2D eigenvalue weighted by atomic mass is 32.2. The molecule has 2 fully saturated rings. The van der Waals surface area contributed by atoms with Gasteiger partial charge >= 0.3 is 6.03 Å². The van der Waals surface area contributed by atoms with Crippen LogP contribution in [0.2, 0.25) is 0 Å². The van der Waals surface area contributed by atoms with Gasteiger partial charge in [-0.2, -0.15) is 0 Å². The van der Waals surface area contributed by atoms with Crippen LogP contribution in [0.3, 0.4) is 0 Å². The lowest BCUT2D eigenvalue weighted by molar-refractivity contribution is 0.0903. The third-order valence-electron chi connectivity index (χ3n) is 9.37. The maximum absolute atomic E-state index is 14.5. The van der Waals surface area contributed by atoms with Gasteiger partial charge in [-0.15, -0.1) is 0 Å². The van der Waals surface area contributed by atoms with E-state index in [4.69, 9.17) is 5.73 Å². The Hall–Kier alpha value is -3.97. The molecule has 1 saturated carbocycles. The van der Waals surface area contributed by atoms with E-state index >= 15 is 0 Å². The van der Waals surface area contributed by atoms with Crippen molar-refractivity contribution in [2.24, 2.45) is 5.73 Å². The molecular weight excluding hydrogens is 635 g/mol. The van der Waals surface area contributed by atoms with Crippen LogP contribution < -0.4 is 21.7 Å². The lowest BCUT2D eigenvalue weighted by atomic mass is 9.90. The van der Waals surface area contributed by atoms with E-state index in [0.717, 1.165) is 54.3 Å². The molecule has 3 aromatic rings. The molecule has 2 aliphatic rings. The predicted molar refractivity (Wildman–Crippen MR) is 187 cm³/mol. The zero-order valence-electron chi connectivity index (χ0n) is 27.8. The van der Waals surface area contributed by atoms with Gasteiger partial charge < -0.3 is 21.7 Å². The first kappa shape index (κ1) is 35.3. The fraction of sp³-hybridized carbons (Fsp3) is 0.514. The summed E-state index contributed by atoms with van der Waals surface area (Å²) in [5.41, 5.74) is 9.77. The zero-order chi connectivity index (χ0) is 34.4. The third kappa shape index (κ3) is 8.35. The number of primary amides is 1. The van der Waals surface area contributed by atoms with Crippen molar-refractivity contribution in [2.75, 3.05) is 43.0 Å². The van der Waals surface area contributed by atoms with Crippen molar-refractivity contribution in [3.63, 3.8) is 0 Å². The summed E-state index contributed by atoms with van der Waals surface area (Å²) in [5, 5.41) is 10.2. The number of sulfone groups is 1. The summed E-state index contributed by atoms with van der Waals surface area (Å²) in [6, 6.07) is 9.80. The normalized spacial score (nSPS) is 19.6. The SMILES string of the molecule is CCCC(=O)n1c(CCC)c(-c2ccc(C(N)=O)c(NC3CCC(NC(=O)NCCN4CCS(=O)(=O)CC4)CC3)c2)c2ccc(F)cc21. The Morgan fingerprint density at radius 2 is 1.67 bits per heavy atom. The van der Waals surface area contributed by atoms with Crippen LogP contribution in [0.15, 0.2) is 36.4 Å². The number of carbonyl (C=O) groups excluding carboxylic acids is 3. The fourth-order valence-corrected chi connectivity index (χ4v) is 8.17. The molecule has 2 aromatic carbocycles. The standard InChI is InChI=1S/C35H47FN6O5S/c1-3-5-30-33(28-14-8-24(36)22-31(28)42(30)32(43)6-4-2)23-7-13-27(34(37)44)29(21-23)39-25-9-11-26(12-10-25)40-35(45)38-15-16-41-17-19-48(46,47)20-18-41/h7-8,13-14,21-22,25-26,39H,3-6,9-12,15-20H2,1-2H3,(H2,37,44)(H2,38,40,45). The van der Waals surface area contributed by atoms with Crippen LogP contribution in [0, 0.1) is 5.82 Å². The molecule has 48 heavy (non-hydrogen) atoms. The Bertz CT molecular complexity index is 1750. The minimum atomic E-state index is -2.93. The van der Waals surface area contributed by atoms with Crippen molar-refractivity contribution in [3.8, 4) is 11.1 Å². The molecular formula is C35H47FN6O5S. The van der Waals surface area contributed by atoms with Crippen molar-refractivity contribution in [1.82, 2.24) is 20.1 Å². The van der Waals surface area contributed by atoms with Crippen LogP contribution in [0.1, 0.15) is 79.6 Å². The number of hydrogen-bond acceptors (Lipinski definition) is 7. The Morgan fingerprint density at radius 3 is 2.33 bits per heavy atom. The van der Waals surface area contributed by atoms with E-state index in [1.807, 2.05) is 30.9 Å². The number of nitrogens with zero attached hydrogens (tertiary/aromatic N) is 2. The molecule has 3 amide bonds. The smallest absolute Gasteiger partial charge is 0.315 e. The number of carbonyl (C=O) groups is 3. The van der Waals surface area contributed by atoms with Crippen molar-refractivity contribution in [1.29, 1.82) is 0 Å². The van der Waals surface area contributed by atoms with Crippen molar-refractivity contribution < 1.29 is 27.2 Å². The second-order valence-corrected chi connectivity index (χ2v) is 15.2. The van der Waals surface area contributed by atoms with E-state index in [1.165, 1.54) is 12.1 Å². The van der Waals surface area contributed by atoms with E-state index in [9.17, 15) is 27.2 Å². The molecule has 260 valence electrons. The van der Waals surface area contributed by atoms with Crippen molar-refractivity contribution in [3.05, 3.63) is 53.5 Å². The molecule has 5 N–H and O–H groups in total. The Kier molecular flexibility index (Phi) is 11.4. The van der Waals surface area contributed by atoms with Gasteiger partial charge in [0.1, 0.15) is 5.82 Å². The van der Waals surface area contributed by atoms with Crippen LogP contribution >= 0.6 is 0 Å². The second-order valence-electron chi connectivity index (χ2n) is 12.9. The van der Waals surface area contributed by atoms with Crippen LogP contribution in [0.25, 0.3) is 22.0 Å².